The molecule has 1 aromatic carbocycles. The van der Waals surface area contributed by atoms with Crippen LogP contribution < -0.4 is 9.75 Å². The molecule has 0 unspecified atom stereocenters. The molecule has 2 heterocycles. The second-order valence-electron chi connectivity index (χ2n) is 5.00. The summed E-state index contributed by atoms with van der Waals surface area (Å²) in [5.74, 6) is -0.343. The third kappa shape index (κ3) is 3.38. The van der Waals surface area contributed by atoms with Gasteiger partial charge in [0.25, 0.3) is 0 Å². The minimum absolute atomic E-state index is 0.0121. The number of thioether (sulfide) groups is 1. The number of rotatable bonds is 3. The van der Waals surface area contributed by atoms with Crippen LogP contribution >= 0.6 is 11.8 Å². The van der Waals surface area contributed by atoms with Crippen molar-refractivity contribution in [1.29, 1.82) is 0 Å². The van der Waals surface area contributed by atoms with Gasteiger partial charge in [0, 0.05) is 19.4 Å². The number of ether oxygens (including phenoxy) is 1. The Hall–Kier alpha value is -2.75. The molecule has 1 aliphatic rings. The Labute approximate surface area is 145 Å². The van der Waals surface area contributed by atoms with Gasteiger partial charge in [-0.25, -0.2) is 4.98 Å². The van der Waals surface area contributed by atoms with Gasteiger partial charge < -0.3 is 4.74 Å². The maximum atomic E-state index is 12.2. The number of halogens is 2. The molecule has 1 amide bonds. The van der Waals surface area contributed by atoms with Crippen LogP contribution in [-0.4, -0.2) is 33.0 Å². The van der Waals surface area contributed by atoms with Gasteiger partial charge in [0.2, 0.25) is 11.8 Å². The highest BCUT2D eigenvalue weighted by molar-refractivity contribution is 8.14. The number of imidazole rings is 1. The lowest BCUT2D eigenvalue weighted by Gasteiger charge is -2.21. The monoisotopic (exact) mass is 366 g/mol. The van der Waals surface area contributed by atoms with Crippen LogP contribution in [0.15, 0.2) is 40.7 Å². The van der Waals surface area contributed by atoms with Crippen molar-refractivity contribution in [2.75, 3.05) is 5.01 Å². The summed E-state index contributed by atoms with van der Waals surface area (Å²) in [5.41, 5.74) is 0.583. The maximum absolute atomic E-state index is 12.2. The van der Waals surface area contributed by atoms with E-state index in [0.29, 0.717) is 15.6 Å². The lowest BCUT2D eigenvalue weighted by atomic mass is 10.2. The van der Waals surface area contributed by atoms with Crippen LogP contribution in [0.25, 0.3) is 0 Å². The zero-order chi connectivity index (χ0) is 18.1. The molecule has 0 bridgehead atoms. The van der Waals surface area contributed by atoms with E-state index in [2.05, 4.69) is 14.8 Å². The number of alkyl halides is 2. The molecule has 0 spiro atoms. The third-order valence-corrected chi connectivity index (χ3v) is 4.34. The van der Waals surface area contributed by atoms with E-state index in [1.807, 2.05) is 0 Å². The number of benzene rings is 1. The highest BCUT2D eigenvalue weighted by atomic mass is 32.2. The van der Waals surface area contributed by atoms with Crippen molar-refractivity contribution in [3.63, 3.8) is 0 Å². The molecule has 1 aliphatic heterocycles. The molecule has 10 heteroatoms. The van der Waals surface area contributed by atoms with Crippen molar-refractivity contribution in [2.45, 2.75) is 25.5 Å². The molecule has 0 fully saturated rings. The average molecular weight is 366 g/mol. The van der Waals surface area contributed by atoms with Gasteiger partial charge in [0.1, 0.15) is 22.1 Å². The first-order valence-corrected chi connectivity index (χ1v) is 7.89. The fraction of sp³-hybridized carbons (Fsp3) is 0.200. The summed E-state index contributed by atoms with van der Waals surface area (Å²) in [4.78, 5) is 27.7. The molecule has 2 aromatic rings. The summed E-state index contributed by atoms with van der Waals surface area (Å²) in [6, 6.07) is 5.84. The number of hydrogen-bond donors (Lipinski definition) is 0. The van der Waals surface area contributed by atoms with E-state index in [9.17, 15) is 18.4 Å². The van der Waals surface area contributed by atoms with Crippen molar-refractivity contribution < 1.29 is 23.1 Å². The topological polar surface area (TPSA) is 76.8 Å². The smallest absolute Gasteiger partial charge is 0.387 e. The van der Waals surface area contributed by atoms with E-state index in [0.717, 1.165) is 16.8 Å². The zero-order valence-electron chi connectivity index (χ0n) is 13.1. The molecule has 1 aromatic heterocycles. The highest BCUT2D eigenvalue weighted by Gasteiger charge is 2.29. The van der Waals surface area contributed by atoms with Gasteiger partial charge in [0.15, 0.2) is 5.82 Å². The highest BCUT2D eigenvalue weighted by Crippen LogP contribution is 2.37. The fourth-order valence-electron chi connectivity index (χ4n) is 2.16. The maximum Gasteiger partial charge on any atom is 0.387 e. The van der Waals surface area contributed by atoms with Crippen LogP contribution in [0.5, 0.6) is 5.75 Å². The Balaban J connectivity index is 1.97. The molecule has 0 saturated carbocycles. The second-order valence-corrected chi connectivity index (χ2v) is 5.98. The normalized spacial score (nSPS) is 13.5. The van der Waals surface area contributed by atoms with E-state index in [4.69, 9.17) is 0 Å². The van der Waals surface area contributed by atoms with Crippen molar-refractivity contribution in [3.8, 4) is 5.75 Å². The SMILES string of the molecule is CC(=O)N1N=C(c2ccc(OC(F)F)cc2)Sc2c1ncn2C(C)=O. The van der Waals surface area contributed by atoms with E-state index in [-0.39, 0.29) is 23.4 Å². The number of carbonyl (C=O) groups is 2. The minimum atomic E-state index is -2.91. The summed E-state index contributed by atoms with van der Waals surface area (Å²) in [5, 5.41) is 6.23. The van der Waals surface area contributed by atoms with Gasteiger partial charge in [-0.05, 0) is 36.0 Å². The van der Waals surface area contributed by atoms with Crippen LogP contribution in [0.3, 0.4) is 0 Å². The predicted octanol–water partition coefficient (Wildman–Crippen LogP) is 2.97. The fourth-order valence-corrected chi connectivity index (χ4v) is 3.22. The molecule has 3 rings (SSSR count). The summed E-state index contributed by atoms with van der Waals surface area (Å²) < 4.78 is 30.1. The van der Waals surface area contributed by atoms with Crippen molar-refractivity contribution in [3.05, 3.63) is 36.2 Å². The molecule has 0 aliphatic carbocycles. The lowest BCUT2D eigenvalue weighted by Crippen LogP contribution is -2.28. The van der Waals surface area contributed by atoms with Gasteiger partial charge >= 0.3 is 6.61 Å². The molecule has 7 nitrogen and oxygen atoms in total. The first kappa shape index (κ1) is 17.1. The summed E-state index contributed by atoms with van der Waals surface area (Å²) in [6.07, 6.45) is 1.33. The predicted molar refractivity (Wildman–Crippen MR) is 87.2 cm³/mol. The van der Waals surface area contributed by atoms with Crippen LogP contribution in [0.1, 0.15) is 24.2 Å². The molecular weight excluding hydrogens is 354 g/mol. The van der Waals surface area contributed by atoms with Gasteiger partial charge in [-0.2, -0.15) is 18.9 Å². The van der Waals surface area contributed by atoms with Crippen LogP contribution in [0, 0.1) is 0 Å². The number of hydrazone groups is 1. The Bertz CT molecular complexity index is 864. The van der Waals surface area contributed by atoms with Crippen molar-refractivity contribution >= 4 is 34.4 Å². The number of carbonyl (C=O) groups excluding carboxylic acids is 2. The average Bonchev–Trinajstić information content (AvgIpc) is 2.98. The zero-order valence-corrected chi connectivity index (χ0v) is 14.0. The van der Waals surface area contributed by atoms with Gasteiger partial charge in [-0.1, -0.05) is 0 Å². The molecular formula is C15H12F2N4O3S. The van der Waals surface area contributed by atoms with Gasteiger partial charge in [-0.3, -0.25) is 14.2 Å². The molecule has 25 heavy (non-hydrogen) atoms. The Morgan fingerprint density at radius 3 is 2.40 bits per heavy atom. The number of anilines is 1. The summed E-state index contributed by atoms with van der Waals surface area (Å²) in [6.45, 7) is -0.205. The standard InChI is InChI=1S/C15H12F2N4O3S/c1-8(22)20-7-18-12-14(20)25-13(19-21(12)9(2)23)10-3-5-11(6-4-10)24-15(16)17/h3-7,15H,1-2H3. The number of aromatic nitrogens is 2. The van der Waals surface area contributed by atoms with E-state index >= 15 is 0 Å². The number of amides is 1. The van der Waals surface area contributed by atoms with Crippen LogP contribution in [0.2, 0.25) is 0 Å². The van der Waals surface area contributed by atoms with Gasteiger partial charge in [0.05, 0.1) is 0 Å². The van der Waals surface area contributed by atoms with Gasteiger partial charge in [-0.15, -0.1) is 0 Å². The molecule has 0 N–H and O–H groups in total. The number of fused-ring (bicyclic) bond motifs is 1. The second kappa shape index (κ2) is 6.63. The van der Waals surface area contributed by atoms with Crippen LogP contribution in [0.4, 0.5) is 14.6 Å². The molecule has 0 radical (unpaired) electrons. The van der Waals surface area contributed by atoms with E-state index in [1.165, 1.54) is 36.9 Å². The number of nitrogens with zero attached hydrogens (tertiary/aromatic N) is 4. The Morgan fingerprint density at radius 1 is 1.16 bits per heavy atom. The first-order valence-electron chi connectivity index (χ1n) is 7.07. The first-order chi connectivity index (χ1) is 11.9. The third-order valence-electron chi connectivity index (χ3n) is 3.25. The summed E-state index contributed by atoms with van der Waals surface area (Å²) in [7, 11) is 0. The quantitative estimate of drug-likeness (QED) is 0.835. The number of hydrogen-bond acceptors (Lipinski definition) is 6. The van der Waals surface area contributed by atoms with E-state index in [1.54, 1.807) is 12.1 Å². The minimum Gasteiger partial charge on any atom is -0.435 e. The van der Waals surface area contributed by atoms with Crippen LogP contribution in [-0.2, 0) is 4.79 Å². The summed E-state index contributed by atoms with van der Waals surface area (Å²) >= 11 is 1.16. The van der Waals surface area contributed by atoms with E-state index < -0.39 is 6.61 Å². The molecule has 130 valence electrons. The van der Waals surface area contributed by atoms with Crippen molar-refractivity contribution in [2.24, 2.45) is 5.10 Å². The van der Waals surface area contributed by atoms with Crippen molar-refractivity contribution in [1.82, 2.24) is 9.55 Å². The Morgan fingerprint density at radius 2 is 1.84 bits per heavy atom. The lowest BCUT2D eigenvalue weighted by molar-refractivity contribution is -0.116. The Kier molecular flexibility index (Phi) is 4.53. The molecule has 0 atom stereocenters. The molecule has 0 saturated heterocycles. The largest absolute Gasteiger partial charge is 0.435 e.